The molecule has 1 saturated heterocycles. The number of amides is 2. The average Bonchev–Trinajstić information content (AvgIpc) is 2.96. The maximum atomic E-state index is 12.7. The minimum Gasteiger partial charge on any atom is -0.394 e. The first-order valence-electron chi connectivity index (χ1n) is 7.06. The lowest BCUT2D eigenvalue weighted by atomic mass is 10.2. The number of rotatable bonds is 5. The van der Waals surface area contributed by atoms with Crippen LogP contribution in [0.3, 0.4) is 0 Å². The first-order valence-corrected chi connectivity index (χ1v) is 7.06. The van der Waals surface area contributed by atoms with Crippen LogP contribution in [0.5, 0.6) is 0 Å². The fourth-order valence-corrected chi connectivity index (χ4v) is 2.48. The molecule has 2 rings (SSSR count). The van der Waals surface area contributed by atoms with Crippen molar-refractivity contribution >= 4 is 11.8 Å². The van der Waals surface area contributed by atoms with E-state index in [-0.39, 0.29) is 37.4 Å². The molecule has 1 heterocycles. The predicted octanol–water partition coefficient (Wildman–Crippen LogP) is 0.929. The molecule has 1 aliphatic heterocycles. The van der Waals surface area contributed by atoms with Gasteiger partial charge in [-0.2, -0.15) is 0 Å². The number of halogens is 1. The standard InChI is InChI=1S/C15H19FN2O3/c16-12-5-3-11(4-6-12)15(21)17-8-7-14(20)18-9-1-2-13(18)10-19/h3-6,13,19H,1-2,7-10H2,(H,17,21)/t13-/m0/s1. The Kier molecular flexibility index (Phi) is 5.27. The number of aliphatic hydroxyl groups is 1. The van der Waals surface area contributed by atoms with Crippen molar-refractivity contribution in [1.29, 1.82) is 0 Å². The third-order valence-corrected chi connectivity index (χ3v) is 3.64. The van der Waals surface area contributed by atoms with Crippen LogP contribution in [-0.4, -0.2) is 47.6 Å². The van der Waals surface area contributed by atoms with Crippen LogP contribution in [0.25, 0.3) is 0 Å². The molecule has 21 heavy (non-hydrogen) atoms. The van der Waals surface area contributed by atoms with Gasteiger partial charge in [-0.3, -0.25) is 9.59 Å². The Morgan fingerprint density at radius 3 is 2.71 bits per heavy atom. The van der Waals surface area contributed by atoms with Gasteiger partial charge in [0.25, 0.3) is 5.91 Å². The van der Waals surface area contributed by atoms with Gasteiger partial charge >= 0.3 is 0 Å². The van der Waals surface area contributed by atoms with Crippen LogP contribution in [0.15, 0.2) is 24.3 Å². The molecule has 2 amide bonds. The number of nitrogens with one attached hydrogen (secondary N) is 1. The number of benzene rings is 1. The zero-order valence-electron chi connectivity index (χ0n) is 11.7. The second-order valence-corrected chi connectivity index (χ2v) is 5.08. The quantitative estimate of drug-likeness (QED) is 0.849. The summed E-state index contributed by atoms with van der Waals surface area (Å²) in [5, 5.41) is 11.8. The molecule has 1 aliphatic rings. The largest absolute Gasteiger partial charge is 0.394 e. The van der Waals surface area contributed by atoms with E-state index >= 15 is 0 Å². The smallest absolute Gasteiger partial charge is 0.251 e. The predicted molar refractivity (Wildman–Crippen MR) is 75.2 cm³/mol. The molecule has 0 spiro atoms. The number of carbonyl (C=O) groups excluding carboxylic acids is 2. The number of nitrogens with zero attached hydrogens (tertiary/aromatic N) is 1. The zero-order chi connectivity index (χ0) is 15.2. The summed E-state index contributed by atoms with van der Waals surface area (Å²) in [6.45, 7) is 0.868. The van der Waals surface area contributed by atoms with Crippen LogP contribution >= 0.6 is 0 Å². The summed E-state index contributed by atoms with van der Waals surface area (Å²) in [6, 6.07) is 5.14. The molecule has 5 nitrogen and oxygen atoms in total. The number of aliphatic hydroxyl groups excluding tert-OH is 1. The molecule has 6 heteroatoms. The summed E-state index contributed by atoms with van der Waals surface area (Å²) < 4.78 is 12.7. The van der Waals surface area contributed by atoms with Gasteiger partial charge in [-0.15, -0.1) is 0 Å². The molecule has 0 aromatic heterocycles. The summed E-state index contributed by atoms with van der Waals surface area (Å²) in [4.78, 5) is 25.4. The van der Waals surface area contributed by atoms with Gasteiger partial charge in [-0.05, 0) is 37.1 Å². The van der Waals surface area contributed by atoms with Gasteiger partial charge in [0.1, 0.15) is 5.82 Å². The number of hydrogen-bond donors (Lipinski definition) is 2. The maximum absolute atomic E-state index is 12.7. The summed E-state index contributed by atoms with van der Waals surface area (Å²) in [6.07, 6.45) is 1.92. The van der Waals surface area contributed by atoms with E-state index in [2.05, 4.69) is 5.32 Å². The molecule has 1 atom stereocenters. The van der Waals surface area contributed by atoms with Gasteiger partial charge in [0.05, 0.1) is 12.6 Å². The minimum absolute atomic E-state index is 0.0202. The highest BCUT2D eigenvalue weighted by atomic mass is 19.1. The Bertz CT molecular complexity index is 504. The number of likely N-dealkylation sites (tertiary alicyclic amines) is 1. The SMILES string of the molecule is O=C(NCCC(=O)N1CCC[C@H]1CO)c1ccc(F)cc1. The van der Waals surface area contributed by atoms with Crippen molar-refractivity contribution in [2.24, 2.45) is 0 Å². The van der Waals surface area contributed by atoms with E-state index < -0.39 is 5.82 Å². The molecule has 0 unspecified atom stereocenters. The van der Waals surface area contributed by atoms with E-state index in [4.69, 9.17) is 0 Å². The highest BCUT2D eigenvalue weighted by Crippen LogP contribution is 2.17. The van der Waals surface area contributed by atoms with E-state index in [1.165, 1.54) is 24.3 Å². The molecule has 114 valence electrons. The van der Waals surface area contributed by atoms with Crippen molar-refractivity contribution in [1.82, 2.24) is 10.2 Å². The van der Waals surface area contributed by atoms with E-state index in [1.54, 1.807) is 4.90 Å². The summed E-state index contributed by atoms with van der Waals surface area (Å²) in [5.74, 6) is -0.792. The minimum atomic E-state index is -0.397. The van der Waals surface area contributed by atoms with Crippen LogP contribution in [0.4, 0.5) is 4.39 Å². The van der Waals surface area contributed by atoms with Gasteiger partial charge < -0.3 is 15.3 Å². The monoisotopic (exact) mass is 294 g/mol. The van der Waals surface area contributed by atoms with E-state index in [1.807, 2.05) is 0 Å². The second-order valence-electron chi connectivity index (χ2n) is 5.08. The zero-order valence-corrected chi connectivity index (χ0v) is 11.7. The highest BCUT2D eigenvalue weighted by molar-refractivity contribution is 5.94. The van der Waals surface area contributed by atoms with Crippen molar-refractivity contribution in [2.45, 2.75) is 25.3 Å². The van der Waals surface area contributed by atoms with Crippen LogP contribution in [-0.2, 0) is 4.79 Å². The Labute approximate surface area is 122 Å². The molecule has 1 aromatic rings. The lowest BCUT2D eigenvalue weighted by Gasteiger charge is -2.23. The van der Waals surface area contributed by atoms with Crippen molar-refractivity contribution in [3.8, 4) is 0 Å². The fourth-order valence-electron chi connectivity index (χ4n) is 2.48. The first-order chi connectivity index (χ1) is 10.1. The molecule has 0 radical (unpaired) electrons. The third-order valence-electron chi connectivity index (χ3n) is 3.64. The molecule has 0 saturated carbocycles. The Balaban J connectivity index is 1.77. The molecular weight excluding hydrogens is 275 g/mol. The lowest BCUT2D eigenvalue weighted by molar-refractivity contribution is -0.132. The van der Waals surface area contributed by atoms with E-state index in [0.717, 1.165) is 12.8 Å². The van der Waals surface area contributed by atoms with Gasteiger partial charge in [0.15, 0.2) is 0 Å². The molecule has 1 fully saturated rings. The first kappa shape index (κ1) is 15.4. The molecular formula is C15H19FN2O3. The normalized spacial score (nSPS) is 17.8. The Morgan fingerprint density at radius 1 is 1.33 bits per heavy atom. The van der Waals surface area contributed by atoms with Crippen molar-refractivity contribution < 1.29 is 19.1 Å². The summed E-state index contributed by atoms with van der Waals surface area (Å²) >= 11 is 0. The van der Waals surface area contributed by atoms with E-state index in [9.17, 15) is 19.1 Å². The molecule has 0 bridgehead atoms. The van der Waals surface area contributed by atoms with Crippen molar-refractivity contribution in [2.75, 3.05) is 19.7 Å². The van der Waals surface area contributed by atoms with Gasteiger partial charge in [0, 0.05) is 25.1 Å². The average molecular weight is 294 g/mol. The third kappa shape index (κ3) is 4.01. The number of carbonyl (C=O) groups is 2. The summed E-state index contributed by atoms with van der Waals surface area (Å²) in [5.41, 5.74) is 0.359. The van der Waals surface area contributed by atoms with Crippen LogP contribution in [0.2, 0.25) is 0 Å². The number of hydrogen-bond acceptors (Lipinski definition) is 3. The van der Waals surface area contributed by atoms with Crippen molar-refractivity contribution in [3.05, 3.63) is 35.6 Å². The maximum Gasteiger partial charge on any atom is 0.251 e. The molecule has 2 N–H and O–H groups in total. The summed E-state index contributed by atoms with van der Waals surface area (Å²) in [7, 11) is 0. The van der Waals surface area contributed by atoms with Gasteiger partial charge in [0.2, 0.25) is 5.91 Å². The molecule has 1 aromatic carbocycles. The van der Waals surface area contributed by atoms with E-state index in [0.29, 0.717) is 12.1 Å². The molecule has 0 aliphatic carbocycles. The van der Waals surface area contributed by atoms with Crippen molar-refractivity contribution in [3.63, 3.8) is 0 Å². The van der Waals surface area contributed by atoms with Gasteiger partial charge in [-0.25, -0.2) is 4.39 Å². The topological polar surface area (TPSA) is 69.6 Å². The Morgan fingerprint density at radius 2 is 2.05 bits per heavy atom. The lowest BCUT2D eigenvalue weighted by Crippen LogP contribution is -2.39. The van der Waals surface area contributed by atoms with Crippen LogP contribution < -0.4 is 5.32 Å². The Hall–Kier alpha value is -1.95. The van der Waals surface area contributed by atoms with Gasteiger partial charge in [-0.1, -0.05) is 0 Å². The van der Waals surface area contributed by atoms with Crippen LogP contribution in [0, 0.1) is 5.82 Å². The fraction of sp³-hybridized carbons (Fsp3) is 0.467. The second kappa shape index (κ2) is 7.17. The van der Waals surface area contributed by atoms with Crippen LogP contribution in [0.1, 0.15) is 29.6 Å². The highest BCUT2D eigenvalue weighted by Gasteiger charge is 2.27.